The van der Waals surface area contributed by atoms with Crippen molar-refractivity contribution < 1.29 is 29.3 Å². The summed E-state index contributed by atoms with van der Waals surface area (Å²) in [6.07, 6.45) is 4.25. The van der Waals surface area contributed by atoms with Crippen LogP contribution in [0, 0.1) is 19.8 Å². The zero-order valence-corrected chi connectivity index (χ0v) is 19.8. The highest BCUT2D eigenvalue weighted by Gasteiger charge is 2.26. The second kappa shape index (κ2) is 12.3. The van der Waals surface area contributed by atoms with E-state index in [1.54, 1.807) is 36.4 Å². The summed E-state index contributed by atoms with van der Waals surface area (Å²) in [5, 5.41) is 20.0. The van der Waals surface area contributed by atoms with Crippen LogP contribution in [0.4, 0.5) is 0 Å². The van der Waals surface area contributed by atoms with Crippen LogP contribution in [0.1, 0.15) is 80.9 Å². The minimum absolute atomic E-state index is 0.357. The molecule has 0 aliphatic heterocycles. The van der Waals surface area contributed by atoms with Gasteiger partial charge in [-0.25, -0.2) is 9.59 Å². The second-order valence-corrected chi connectivity index (χ2v) is 8.36. The number of ether oxygens (including phenoxy) is 2. The molecule has 2 atom stereocenters. The number of aliphatic hydroxyl groups excluding tert-OH is 2. The highest BCUT2D eigenvalue weighted by Crippen LogP contribution is 2.38. The van der Waals surface area contributed by atoms with Gasteiger partial charge in [-0.2, -0.15) is 0 Å². The first-order valence-electron chi connectivity index (χ1n) is 11.1. The molecule has 6 heteroatoms. The van der Waals surface area contributed by atoms with Gasteiger partial charge in [0.15, 0.2) is 0 Å². The maximum absolute atomic E-state index is 11.4. The quantitative estimate of drug-likeness (QED) is 0.430. The molecule has 0 spiro atoms. The average Bonchev–Trinajstić information content (AvgIpc) is 3.63. The lowest BCUT2D eigenvalue weighted by Crippen LogP contribution is -2.06. The molecule has 0 saturated heterocycles. The van der Waals surface area contributed by atoms with Gasteiger partial charge in [-0.15, -0.1) is 6.58 Å². The molecule has 2 aromatic rings. The van der Waals surface area contributed by atoms with E-state index in [0.29, 0.717) is 23.5 Å². The third kappa shape index (κ3) is 7.55. The van der Waals surface area contributed by atoms with Crippen molar-refractivity contribution in [1.82, 2.24) is 0 Å². The molecule has 1 fully saturated rings. The van der Waals surface area contributed by atoms with Gasteiger partial charge in [0.05, 0.1) is 37.6 Å². The van der Waals surface area contributed by atoms with Crippen LogP contribution in [0.3, 0.4) is 0 Å². The first-order valence-corrected chi connectivity index (χ1v) is 11.1. The van der Waals surface area contributed by atoms with Gasteiger partial charge in [-0.05, 0) is 79.1 Å². The first kappa shape index (κ1) is 26.3. The lowest BCUT2D eigenvalue weighted by atomic mass is 9.97. The third-order valence-electron chi connectivity index (χ3n) is 5.76. The lowest BCUT2D eigenvalue weighted by molar-refractivity contribution is 0.0591. The summed E-state index contributed by atoms with van der Waals surface area (Å²) in [5.74, 6) is -0.0943. The van der Waals surface area contributed by atoms with E-state index >= 15 is 0 Å². The molecular weight excluding hydrogens is 420 g/mol. The van der Waals surface area contributed by atoms with Gasteiger partial charge >= 0.3 is 11.9 Å². The number of carbonyl (C=O) groups is 2. The highest BCUT2D eigenvalue weighted by atomic mass is 16.5. The number of hydrogen-bond donors (Lipinski definition) is 2. The molecule has 2 N–H and O–H groups in total. The Bertz CT molecular complexity index is 977. The fourth-order valence-electron chi connectivity index (χ4n) is 3.57. The summed E-state index contributed by atoms with van der Waals surface area (Å²) in [5.41, 5.74) is 4.50. The molecule has 0 amide bonds. The van der Waals surface area contributed by atoms with E-state index < -0.39 is 18.2 Å². The molecule has 6 nitrogen and oxygen atoms in total. The van der Waals surface area contributed by atoms with E-state index in [4.69, 9.17) is 0 Å². The van der Waals surface area contributed by atoms with Crippen LogP contribution in [0.5, 0.6) is 0 Å². The van der Waals surface area contributed by atoms with E-state index in [1.165, 1.54) is 27.1 Å². The summed E-state index contributed by atoms with van der Waals surface area (Å²) < 4.78 is 9.31. The fourth-order valence-corrected chi connectivity index (χ4v) is 3.57. The smallest absolute Gasteiger partial charge is 0.337 e. The number of methoxy groups -OCH3 is 2. The molecule has 1 aliphatic rings. The molecule has 1 aliphatic carbocycles. The van der Waals surface area contributed by atoms with Crippen molar-refractivity contribution in [3.63, 3.8) is 0 Å². The Morgan fingerprint density at radius 3 is 1.79 bits per heavy atom. The van der Waals surface area contributed by atoms with Gasteiger partial charge in [-0.1, -0.05) is 31.1 Å². The van der Waals surface area contributed by atoms with Crippen molar-refractivity contribution in [3.05, 3.63) is 82.4 Å². The van der Waals surface area contributed by atoms with Crippen LogP contribution in [-0.2, 0) is 9.47 Å². The standard InChI is InChI=1S/C14H18O3.C13H16O3/c1-9-3-6-11(14(16)17-2)8-12(9)13(15)7-10-4-5-10;1-4-5-12(14)11-8-10(13(15)16-3)7-6-9(11)2/h3,6,8,10,13,15H,4-5,7H2,1-2H3;4,6-8,12,14H,1,5H2,2-3H3. The predicted molar refractivity (Wildman–Crippen MR) is 127 cm³/mol. The lowest BCUT2D eigenvalue weighted by Gasteiger charge is -2.14. The molecule has 2 aromatic carbocycles. The molecular formula is C27H34O6. The Morgan fingerprint density at radius 2 is 1.39 bits per heavy atom. The molecule has 178 valence electrons. The molecule has 3 rings (SSSR count). The number of aliphatic hydroxyl groups is 2. The minimum Gasteiger partial charge on any atom is -0.465 e. The van der Waals surface area contributed by atoms with Gasteiger partial charge in [-0.3, -0.25) is 0 Å². The zero-order chi connectivity index (χ0) is 24.5. The molecule has 1 saturated carbocycles. The summed E-state index contributed by atoms with van der Waals surface area (Å²) in [6.45, 7) is 7.42. The van der Waals surface area contributed by atoms with Crippen LogP contribution in [0.2, 0.25) is 0 Å². The monoisotopic (exact) mass is 454 g/mol. The minimum atomic E-state index is -0.623. The van der Waals surface area contributed by atoms with Crippen molar-refractivity contribution >= 4 is 11.9 Å². The maximum Gasteiger partial charge on any atom is 0.337 e. The Balaban J connectivity index is 0.000000234. The van der Waals surface area contributed by atoms with Crippen LogP contribution in [0.25, 0.3) is 0 Å². The molecule has 33 heavy (non-hydrogen) atoms. The number of carbonyl (C=O) groups excluding carboxylic acids is 2. The number of benzene rings is 2. The van der Waals surface area contributed by atoms with Crippen molar-refractivity contribution in [2.75, 3.05) is 14.2 Å². The fraction of sp³-hybridized carbons (Fsp3) is 0.407. The van der Waals surface area contributed by atoms with Crippen LogP contribution in [0.15, 0.2) is 49.1 Å². The van der Waals surface area contributed by atoms with Gasteiger partial charge in [0, 0.05) is 0 Å². The van der Waals surface area contributed by atoms with E-state index in [-0.39, 0.29) is 5.97 Å². The van der Waals surface area contributed by atoms with Crippen molar-refractivity contribution in [3.8, 4) is 0 Å². The van der Waals surface area contributed by atoms with E-state index in [0.717, 1.165) is 28.7 Å². The van der Waals surface area contributed by atoms with Crippen LogP contribution in [-0.4, -0.2) is 36.4 Å². The zero-order valence-electron chi connectivity index (χ0n) is 19.8. The van der Waals surface area contributed by atoms with Crippen LogP contribution >= 0.6 is 0 Å². The topological polar surface area (TPSA) is 93.1 Å². The number of hydrogen-bond acceptors (Lipinski definition) is 6. The Kier molecular flexibility index (Phi) is 9.82. The van der Waals surface area contributed by atoms with Gasteiger partial charge < -0.3 is 19.7 Å². The molecule has 0 radical (unpaired) electrons. The van der Waals surface area contributed by atoms with Gasteiger partial charge in [0.1, 0.15) is 0 Å². The van der Waals surface area contributed by atoms with Crippen molar-refractivity contribution in [2.45, 2.75) is 51.7 Å². The average molecular weight is 455 g/mol. The normalized spacial score (nSPS) is 14.4. The van der Waals surface area contributed by atoms with Crippen molar-refractivity contribution in [1.29, 1.82) is 0 Å². The molecule has 0 aromatic heterocycles. The van der Waals surface area contributed by atoms with Crippen molar-refractivity contribution in [2.24, 2.45) is 5.92 Å². The largest absolute Gasteiger partial charge is 0.465 e. The van der Waals surface area contributed by atoms with E-state index in [2.05, 4.69) is 16.1 Å². The van der Waals surface area contributed by atoms with Crippen LogP contribution < -0.4 is 0 Å². The number of esters is 2. The summed E-state index contributed by atoms with van der Waals surface area (Å²) in [6, 6.07) is 10.5. The molecule has 0 bridgehead atoms. The highest BCUT2D eigenvalue weighted by molar-refractivity contribution is 5.90. The predicted octanol–water partition coefficient (Wildman–Crippen LogP) is 5.01. The first-order chi connectivity index (χ1) is 15.7. The molecule has 0 heterocycles. The number of rotatable bonds is 8. The summed E-state index contributed by atoms with van der Waals surface area (Å²) in [4.78, 5) is 22.8. The Hall–Kier alpha value is -2.96. The Labute approximate surface area is 195 Å². The van der Waals surface area contributed by atoms with E-state index in [1.807, 2.05) is 19.9 Å². The van der Waals surface area contributed by atoms with E-state index in [9.17, 15) is 19.8 Å². The molecule has 2 unspecified atom stereocenters. The SMILES string of the molecule is C=CCC(O)c1cc(C(=O)OC)ccc1C.COC(=O)c1ccc(C)c(C(O)CC2CC2)c1. The summed E-state index contributed by atoms with van der Waals surface area (Å²) in [7, 11) is 2.70. The van der Waals surface area contributed by atoms with Gasteiger partial charge in [0.2, 0.25) is 0 Å². The maximum atomic E-state index is 11.4. The van der Waals surface area contributed by atoms with Gasteiger partial charge in [0.25, 0.3) is 0 Å². The summed E-state index contributed by atoms with van der Waals surface area (Å²) >= 11 is 0. The Morgan fingerprint density at radius 1 is 0.939 bits per heavy atom. The third-order valence-corrected chi connectivity index (χ3v) is 5.76. The number of aryl methyl sites for hydroxylation is 2. The second-order valence-electron chi connectivity index (χ2n) is 8.36.